The molecule has 5 nitrogen and oxygen atoms in total. The van der Waals surface area contributed by atoms with Crippen molar-refractivity contribution in [3.63, 3.8) is 0 Å². The van der Waals surface area contributed by atoms with Crippen LogP contribution in [-0.4, -0.2) is 23.9 Å². The van der Waals surface area contributed by atoms with Crippen molar-refractivity contribution < 1.29 is 9.59 Å². The van der Waals surface area contributed by atoms with Crippen molar-refractivity contribution in [3.05, 3.63) is 0 Å². The van der Waals surface area contributed by atoms with Gasteiger partial charge in [-0.1, -0.05) is 19.3 Å². The van der Waals surface area contributed by atoms with Crippen molar-refractivity contribution in [2.75, 3.05) is 0 Å². The molecule has 0 spiro atoms. The van der Waals surface area contributed by atoms with Gasteiger partial charge in [0.05, 0.1) is 6.07 Å². The van der Waals surface area contributed by atoms with Gasteiger partial charge < -0.3 is 10.6 Å². The molecule has 2 rings (SSSR count). The lowest BCUT2D eigenvalue weighted by atomic mass is 9.74. The summed E-state index contributed by atoms with van der Waals surface area (Å²) >= 11 is 0. The second kappa shape index (κ2) is 5.60. The zero-order valence-corrected chi connectivity index (χ0v) is 11.4. The number of hydrogen-bond donors (Lipinski definition) is 2. The second-order valence-corrected chi connectivity index (χ2v) is 5.73. The van der Waals surface area contributed by atoms with Gasteiger partial charge in [0.15, 0.2) is 0 Å². The van der Waals surface area contributed by atoms with Gasteiger partial charge in [0.25, 0.3) is 0 Å². The van der Waals surface area contributed by atoms with Gasteiger partial charge in [-0.3, -0.25) is 9.59 Å². The lowest BCUT2D eigenvalue weighted by molar-refractivity contribution is -0.134. The first-order valence-corrected chi connectivity index (χ1v) is 7.10. The first-order chi connectivity index (χ1) is 9.07. The third-order valence-electron chi connectivity index (χ3n) is 4.02. The van der Waals surface area contributed by atoms with Gasteiger partial charge in [0, 0.05) is 6.04 Å². The summed E-state index contributed by atoms with van der Waals surface area (Å²) in [5.74, 6) is -0.437. The smallest absolute Gasteiger partial charge is 0.242 e. The van der Waals surface area contributed by atoms with E-state index < -0.39 is 11.5 Å². The van der Waals surface area contributed by atoms with Gasteiger partial charge in [-0.2, -0.15) is 5.26 Å². The molecule has 104 valence electrons. The van der Waals surface area contributed by atoms with Gasteiger partial charge in [-0.15, -0.1) is 0 Å². The van der Waals surface area contributed by atoms with Crippen molar-refractivity contribution in [1.82, 2.24) is 10.6 Å². The van der Waals surface area contributed by atoms with E-state index in [0.29, 0.717) is 12.8 Å². The Labute approximate surface area is 113 Å². The van der Waals surface area contributed by atoms with Crippen LogP contribution in [0.3, 0.4) is 0 Å². The number of nitrogens with one attached hydrogen (secondary N) is 2. The number of nitriles is 1. The van der Waals surface area contributed by atoms with E-state index in [-0.39, 0.29) is 17.9 Å². The first-order valence-electron chi connectivity index (χ1n) is 7.10. The molecule has 0 aromatic rings. The van der Waals surface area contributed by atoms with E-state index in [1.165, 1.54) is 0 Å². The maximum atomic E-state index is 12.3. The van der Waals surface area contributed by atoms with Crippen LogP contribution in [-0.2, 0) is 9.59 Å². The highest BCUT2D eigenvalue weighted by molar-refractivity contribution is 5.91. The van der Waals surface area contributed by atoms with Gasteiger partial charge in [-0.05, 0) is 32.6 Å². The van der Waals surface area contributed by atoms with Crippen LogP contribution in [0.15, 0.2) is 0 Å². The summed E-state index contributed by atoms with van der Waals surface area (Å²) in [5, 5.41) is 14.9. The van der Waals surface area contributed by atoms with Crippen LogP contribution in [0.25, 0.3) is 0 Å². The molecule has 5 heteroatoms. The number of carbonyl (C=O) groups excluding carboxylic acids is 2. The average Bonchev–Trinajstić information content (AvgIpc) is 3.23. The minimum atomic E-state index is -0.924. The molecule has 0 radical (unpaired) electrons. The molecule has 2 fully saturated rings. The molecule has 1 atom stereocenters. The Kier molecular flexibility index (Phi) is 4.08. The van der Waals surface area contributed by atoms with Crippen LogP contribution < -0.4 is 10.6 Å². The predicted molar refractivity (Wildman–Crippen MR) is 69.9 cm³/mol. The third kappa shape index (κ3) is 3.25. The highest BCUT2D eigenvalue weighted by Gasteiger charge is 2.41. The zero-order valence-electron chi connectivity index (χ0n) is 11.4. The molecular formula is C14H21N3O2. The molecule has 0 bridgehead atoms. The van der Waals surface area contributed by atoms with E-state index in [0.717, 1.165) is 32.1 Å². The number of hydrogen-bond acceptors (Lipinski definition) is 3. The van der Waals surface area contributed by atoms with E-state index in [2.05, 4.69) is 16.7 Å². The Morgan fingerprint density at radius 3 is 2.42 bits per heavy atom. The lowest BCUT2D eigenvalue weighted by Crippen LogP contribution is -2.50. The number of amides is 2. The molecule has 2 aliphatic rings. The van der Waals surface area contributed by atoms with Gasteiger partial charge in [0.2, 0.25) is 11.8 Å². The number of nitrogens with zero attached hydrogens (tertiary/aromatic N) is 1. The standard InChI is InChI=1S/C14H21N3O2/c1-10(12(18)17-11-5-6-11)16-13(19)14(9-15)7-3-2-4-8-14/h10-11H,2-8H2,1H3,(H,16,19)(H,17,18). The molecule has 0 heterocycles. The Bertz CT molecular complexity index is 403. The van der Waals surface area contributed by atoms with Crippen molar-refractivity contribution in [2.24, 2.45) is 5.41 Å². The minimum absolute atomic E-state index is 0.153. The van der Waals surface area contributed by atoms with Gasteiger partial charge in [-0.25, -0.2) is 0 Å². The topological polar surface area (TPSA) is 82.0 Å². The van der Waals surface area contributed by atoms with E-state index in [1.807, 2.05) is 0 Å². The molecule has 0 aromatic carbocycles. The largest absolute Gasteiger partial charge is 0.352 e. The Balaban J connectivity index is 1.91. The minimum Gasteiger partial charge on any atom is -0.352 e. The molecule has 0 aromatic heterocycles. The lowest BCUT2D eigenvalue weighted by Gasteiger charge is -2.30. The molecule has 2 amide bonds. The van der Waals surface area contributed by atoms with Crippen LogP contribution in [0, 0.1) is 16.7 Å². The summed E-state index contributed by atoms with van der Waals surface area (Å²) in [6.07, 6.45) is 6.14. The fourth-order valence-electron chi connectivity index (χ4n) is 2.50. The van der Waals surface area contributed by atoms with Crippen LogP contribution >= 0.6 is 0 Å². The van der Waals surface area contributed by atoms with Crippen molar-refractivity contribution in [1.29, 1.82) is 5.26 Å². The molecule has 0 aliphatic heterocycles. The van der Waals surface area contributed by atoms with Crippen molar-refractivity contribution >= 4 is 11.8 Å². The molecular weight excluding hydrogens is 242 g/mol. The van der Waals surface area contributed by atoms with Crippen LogP contribution in [0.4, 0.5) is 0 Å². The SMILES string of the molecule is CC(NC(=O)C1(C#N)CCCCC1)C(=O)NC1CC1. The summed E-state index contributed by atoms with van der Waals surface area (Å²) < 4.78 is 0. The maximum Gasteiger partial charge on any atom is 0.242 e. The van der Waals surface area contributed by atoms with Crippen LogP contribution in [0.2, 0.25) is 0 Å². The highest BCUT2D eigenvalue weighted by Crippen LogP contribution is 2.35. The fourth-order valence-corrected chi connectivity index (χ4v) is 2.50. The fraction of sp³-hybridized carbons (Fsp3) is 0.786. The molecule has 0 saturated heterocycles. The monoisotopic (exact) mass is 263 g/mol. The van der Waals surface area contributed by atoms with E-state index in [1.54, 1.807) is 6.92 Å². The Hall–Kier alpha value is -1.57. The summed E-state index contributed by atoms with van der Waals surface area (Å²) in [6.45, 7) is 1.67. The second-order valence-electron chi connectivity index (χ2n) is 5.73. The first kappa shape index (κ1) is 13.9. The Morgan fingerprint density at radius 1 is 1.26 bits per heavy atom. The number of rotatable bonds is 4. The quantitative estimate of drug-likeness (QED) is 0.800. The Morgan fingerprint density at radius 2 is 1.89 bits per heavy atom. The zero-order chi connectivity index (χ0) is 13.9. The predicted octanol–water partition coefficient (Wildman–Crippen LogP) is 1.24. The van der Waals surface area contributed by atoms with Gasteiger partial charge >= 0.3 is 0 Å². The summed E-state index contributed by atoms with van der Waals surface area (Å²) in [6, 6.07) is 1.89. The van der Waals surface area contributed by atoms with Crippen molar-refractivity contribution in [3.8, 4) is 6.07 Å². The number of carbonyl (C=O) groups is 2. The maximum absolute atomic E-state index is 12.3. The molecule has 2 aliphatic carbocycles. The third-order valence-corrected chi connectivity index (χ3v) is 4.02. The molecule has 2 saturated carbocycles. The molecule has 2 N–H and O–H groups in total. The summed E-state index contributed by atoms with van der Waals surface area (Å²) in [4.78, 5) is 24.0. The molecule has 1 unspecified atom stereocenters. The summed E-state index contributed by atoms with van der Waals surface area (Å²) in [5.41, 5.74) is -0.924. The van der Waals surface area contributed by atoms with Gasteiger partial charge in [0.1, 0.15) is 11.5 Å². The van der Waals surface area contributed by atoms with E-state index in [4.69, 9.17) is 0 Å². The van der Waals surface area contributed by atoms with Crippen LogP contribution in [0.5, 0.6) is 0 Å². The van der Waals surface area contributed by atoms with E-state index >= 15 is 0 Å². The van der Waals surface area contributed by atoms with E-state index in [9.17, 15) is 14.9 Å². The average molecular weight is 263 g/mol. The summed E-state index contributed by atoms with van der Waals surface area (Å²) in [7, 11) is 0. The molecule has 19 heavy (non-hydrogen) atoms. The van der Waals surface area contributed by atoms with Crippen LogP contribution in [0.1, 0.15) is 51.9 Å². The van der Waals surface area contributed by atoms with Crippen molar-refractivity contribution in [2.45, 2.75) is 64.0 Å². The normalized spacial score (nSPS) is 22.9. The highest BCUT2D eigenvalue weighted by atomic mass is 16.2.